The van der Waals surface area contributed by atoms with Crippen LogP contribution in [0.1, 0.15) is 60.1 Å². The summed E-state index contributed by atoms with van der Waals surface area (Å²) in [6.45, 7) is 5.78. The van der Waals surface area contributed by atoms with Crippen molar-refractivity contribution in [2.45, 2.75) is 40.5 Å². The first-order valence-corrected chi connectivity index (χ1v) is 7.58. The molecule has 0 unspecified atom stereocenters. The molecule has 0 bridgehead atoms. The molecule has 1 aromatic heterocycles. The molecule has 1 aromatic rings. The summed E-state index contributed by atoms with van der Waals surface area (Å²) >= 11 is 0. The van der Waals surface area contributed by atoms with Gasteiger partial charge in [-0.05, 0) is 27.2 Å². The Kier molecular flexibility index (Phi) is 7.16. The summed E-state index contributed by atoms with van der Waals surface area (Å²) in [6, 6.07) is 0. The number of hydrogen-bond donors (Lipinski definition) is 1. The summed E-state index contributed by atoms with van der Waals surface area (Å²) in [4.78, 5) is 46.9. The highest BCUT2D eigenvalue weighted by atomic mass is 16.5. The molecule has 0 fully saturated rings. The third kappa shape index (κ3) is 4.94. The molecule has 0 atom stereocenters. The number of aryl methyl sites for hydroxylation is 1. The van der Waals surface area contributed by atoms with Gasteiger partial charge in [0.05, 0.1) is 12.2 Å². The van der Waals surface area contributed by atoms with E-state index < -0.39 is 30.2 Å². The lowest BCUT2D eigenvalue weighted by atomic mass is 10.1. The molecule has 1 N–H and O–H groups in total. The standard InChI is InChI=1S/C16H21NO7/c1-5-7-12(20)23-8-11(19)17-15-14(16(21)22-6-2)13(9(3)18)10(4)24-15/h5-8H2,1-4H3,(H,17,19). The molecule has 24 heavy (non-hydrogen) atoms. The van der Waals surface area contributed by atoms with Gasteiger partial charge in [0.25, 0.3) is 5.91 Å². The third-order valence-corrected chi connectivity index (χ3v) is 2.99. The fourth-order valence-corrected chi connectivity index (χ4v) is 2.04. The van der Waals surface area contributed by atoms with Gasteiger partial charge in [-0.3, -0.25) is 19.7 Å². The van der Waals surface area contributed by atoms with E-state index in [2.05, 4.69) is 5.32 Å². The summed E-state index contributed by atoms with van der Waals surface area (Å²) in [5.41, 5.74) is -0.0955. The number of Topliss-reactive ketones (excluding diaryl/α,β-unsaturated/α-hetero) is 1. The number of esters is 2. The molecule has 1 heterocycles. The van der Waals surface area contributed by atoms with Gasteiger partial charge < -0.3 is 13.9 Å². The van der Waals surface area contributed by atoms with E-state index in [1.807, 2.05) is 6.92 Å². The average molecular weight is 339 g/mol. The number of rotatable bonds is 8. The normalized spacial score (nSPS) is 10.2. The molecule has 0 radical (unpaired) electrons. The number of carbonyl (C=O) groups is 4. The van der Waals surface area contributed by atoms with Gasteiger partial charge in [0.1, 0.15) is 11.3 Å². The number of ketones is 1. The Balaban J connectivity index is 2.96. The highest BCUT2D eigenvalue weighted by Gasteiger charge is 2.28. The largest absolute Gasteiger partial charge is 0.462 e. The lowest BCUT2D eigenvalue weighted by Gasteiger charge is -2.06. The van der Waals surface area contributed by atoms with Gasteiger partial charge in [0.15, 0.2) is 12.4 Å². The molecule has 0 saturated heterocycles. The molecule has 1 rings (SSSR count). The molecule has 0 saturated carbocycles. The van der Waals surface area contributed by atoms with Crippen LogP contribution in [0.3, 0.4) is 0 Å². The zero-order valence-corrected chi connectivity index (χ0v) is 14.2. The first kappa shape index (κ1) is 19.4. The van der Waals surface area contributed by atoms with Crippen molar-refractivity contribution in [2.75, 3.05) is 18.5 Å². The lowest BCUT2D eigenvalue weighted by Crippen LogP contribution is -2.22. The first-order chi connectivity index (χ1) is 11.3. The molecule has 0 aliphatic heterocycles. The van der Waals surface area contributed by atoms with E-state index in [0.29, 0.717) is 6.42 Å². The molecular formula is C16H21NO7. The topological polar surface area (TPSA) is 112 Å². The molecule has 0 aromatic carbocycles. The fraction of sp³-hybridized carbons (Fsp3) is 0.500. The Labute approximate surface area is 139 Å². The summed E-state index contributed by atoms with van der Waals surface area (Å²) in [5.74, 6) is -2.38. The maximum absolute atomic E-state index is 12.1. The van der Waals surface area contributed by atoms with E-state index in [1.54, 1.807) is 6.92 Å². The summed E-state index contributed by atoms with van der Waals surface area (Å²) in [6.07, 6.45) is 0.808. The highest BCUT2D eigenvalue weighted by molar-refractivity contribution is 6.10. The van der Waals surface area contributed by atoms with Gasteiger partial charge in [0.2, 0.25) is 5.88 Å². The van der Waals surface area contributed by atoms with Crippen LogP contribution in [0.25, 0.3) is 0 Å². The van der Waals surface area contributed by atoms with Crippen molar-refractivity contribution >= 4 is 29.5 Å². The van der Waals surface area contributed by atoms with Crippen molar-refractivity contribution in [3.63, 3.8) is 0 Å². The lowest BCUT2D eigenvalue weighted by molar-refractivity contribution is -0.147. The minimum Gasteiger partial charge on any atom is -0.462 e. The van der Waals surface area contributed by atoms with E-state index >= 15 is 0 Å². The third-order valence-electron chi connectivity index (χ3n) is 2.99. The van der Waals surface area contributed by atoms with E-state index in [-0.39, 0.29) is 35.8 Å². The molecule has 132 valence electrons. The Hall–Kier alpha value is -2.64. The van der Waals surface area contributed by atoms with Crippen LogP contribution in [0.2, 0.25) is 0 Å². The van der Waals surface area contributed by atoms with Crippen molar-refractivity contribution in [1.82, 2.24) is 0 Å². The maximum Gasteiger partial charge on any atom is 0.344 e. The SMILES string of the molecule is CCCC(=O)OCC(=O)Nc1oc(C)c(C(C)=O)c1C(=O)OCC. The number of furan rings is 1. The predicted molar refractivity (Wildman–Crippen MR) is 83.9 cm³/mol. The van der Waals surface area contributed by atoms with Gasteiger partial charge >= 0.3 is 11.9 Å². The number of hydrogen-bond acceptors (Lipinski definition) is 7. The van der Waals surface area contributed by atoms with E-state index in [9.17, 15) is 19.2 Å². The molecule has 0 spiro atoms. The Morgan fingerprint density at radius 3 is 2.29 bits per heavy atom. The second kappa shape index (κ2) is 8.85. The van der Waals surface area contributed by atoms with Crippen molar-refractivity contribution in [2.24, 2.45) is 0 Å². The van der Waals surface area contributed by atoms with Gasteiger partial charge in [-0.15, -0.1) is 0 Å². The van der Waals surface area contributed by atoms with Crippen LogP contribution in [0.15, 0.2) is 4.42 Å². The van der Waals surface area contributed by atoms with Gasteiger partial charge in [-0.1, -0.05) is 6.92 Å². The van der Waals surface area contributed by atoms with Crippen LogP contribution in [0.4, 0.5) is 5.88 Å². The second-order valence-electron chi connectivity index (χ2n) is 4.97. The van der Waals surface area contributed by atoms with Crippen molar-refractivity contribution in [3.05, 3.63) is 16.9 Å². The molecule has 1 amide bonds. The molecule has 8 heteroatoms. The van der Waals surface area contributed by atoms with Crippen LogP contribution in [0, 0.1) is 6.92 Å². The molecule has 8 nitrogen and oxygen atoms in total. The van der Waals surface area contributed by atoms with Gasteiger partial charge in [0, 0.05) is 6.42 Å². The Morgan fingerprint density at radius 1 is 1.08 bits per heavy atom. The van der Waals surface area contributed by atoms with E-state index in [1.165, 1.54) is 13.8 Å². The fourth-order valence-electron chi connectivity index (χ4n) is 2.04. The average Bonchev–Trinajstić information content (AvgIpc) is 2.82. The quantitative estimate of drug-likeness (QED) is 0.571. The molecular weight excluding hydrogens is 318 g/mol. The zero-order chi connectivity index (χ0) is 18.3. The Morgan fingerprint density at radius 2 is 1.75 bits per heavy atom. The van der Waals surface area contributed by atoms with Crippen molar-refractivity contribution in [3.8, 4) is 0 Å². The van der Waals surface area contributed by atoms with Gasteiger partial charge in [-0.2, -0.15) is 0 Å². The van der Waals surface area contributed by atoms with Crippen LogP contribution in [-0.4, -0.2) is 36.8 Å². The highest BCUT2D eigenvalue weighted by Crippen LogP contribution is 2.28. The van der Waals surface area contributed by atoms with Crippen molar-refractivity contribution < 1.29 is 33.1 Å². The zero-order valence-electron chi connectivity index (χ0n) is 14.2. The first-order valence-electron chi connectivity index (χ1n) is 7.58. The minimum absolute atomic E-state index is 0.0479. The van der Waals surface area contributed by atoms with Crippen LogP contribution in [-0.2, 0) is 19.1 Å². The van der Waals surface area contributed by atoms with Crippen LogP contribution < -0.4 is 5.32 Å². The van der Waals surface area contributed by atoms with Crippen LogP contribution in [0.5, 0.6) is 0 Å². The summed E-state index contributed by atoms with van der Waals surface area (Å²) in [5, 5.41) is 2.33. The van der Waals surface area contributed by atoms with Crippen molar-refractivity contribution in [1.29, 1.82) is 0 Å². The van der Waals surface area contributed by atoms with Crippen LogP contribution >= 0.6 is 0 Å². The molecule has 0 aliphatic carbocycles. The predicted octanol–water partition coefficient (Wildman–Crippen LogP) is 2.25. The number of amides is 1. The second-order valence-corrected chi connectivity index (χ2v) is 4.97. The summed E-state index contributed by atoms with van der Waals surface area (Å²) < 4.78 is 15.0. The smallest absolute Gasteiger partial charge is 0.344 e. The molecule has 0 aliphatic rings. The summed E-state index contributed by atoms with van der Waals surface area (Å²) in [7, 11) is 0. The maximum atomic E-state index is 12.1. The number of carbonyl (C=O) groups excluding carboxylic acids is 4. The number of ether oxygens (including phenoxy) is 2. The minimum atomic E-state index is -0.780. The monoisotopic (exact) mass is 339 g/mol. The number of anilines is 1. The Bertz CT molecular complexity index is 645. The van der Waals surface area contributed by atoms with E-state index in [4.69, 9.17) is 13.9 Å². The number of nitrogens with one attached hydrogen (secondary N) is 1. The van der Waals surface area contributed by atoms with E-state index in [0.717, 1.165) is 0 Å². The van der Waals surface area contributed by atoms with Gasteiger partial charge in [-0.25, -0.2) is 4.79 Å².